The highest BCUT2D eigenvalue weighted by atomic mass is 79.9. The first-order valence-corrected chi connectivity index (χ1v) is 7.39. The molecular weight excluding hydrogens is 359 g/mol. The van der Waals surface area contributed by atoms with Gasteiger partial charge in [-0.1, -0.05) is 22.9 Å². The van der Waals surface area contributed by atoms with Gasteiger partial charge in [0.2, 0.25) is 5.91 Å². The van der Waals surface area contributed by atoms with Gasteiger partial charge in [0.1, 0.15) is 5.82 Å². The average Bonchev–Trinajstić information content (AvgIpc) is 2.50. The van der Waals surface area contributed by atoms with Crippen LogP contribution in [0.25, 0.3) is 0 Å². The van der Waals surface area contributed by atoms with Crippen LogP contribution in [-0.4, -0.2) is 37.5 Å². The number of halogens is 2. The maximum atomic E-state index is 13.4. The van der Waals surface area contributed by atoms with Crippen LogP contribution in [0.15, 0.2) is 22.7 Å². The Labute approximate surface area is 135 Å². The monoisotopic (exact) mass is 374 g/mol. The molecule has 8 heteroatoms. The minimum atomic E-state index is -0.954. The van der Waals surface area contributed by atoms with Crippen molar-refractivity contribution in [2.45, 2.75) is 13.3 Å². The lowest BCUT2D eigenvalue weighted by molar-refractivity contribution is -0.127. The highest BCUT2D eigenvalue weighted by Gasteiger charge is 2.15. The SMILES string of the molecule is CCCNC(=O)CNC(=O)COC(=O)c1cc(Br)ccc1F. The highest BCUT2D eigenvalue weighted by Crippen LogP contribution is 2.16. The predicted octanol–water partition coefficient (Wildman–Crippen LogP) is 1.39. The molecular formula is C14H16BrFN2O4. The Bertz CT molecular complexity index is 566. The molecule has 0 radical (unpaired) electrons. The van der Waals surface area contributed by atoms with Crippen LogP contribution >= 0.6 is 15.9 Å². The third-order valence-electron chi connectivity index (χ3n) is 2.50. The van der Waals surface area contributed by atoms with E-state index in [-0.39, 0.29) is 18.0 Å². The van der Waals surface area contributed by atoms with E-state index in [0.717, 1.165) is 12.5 Å². The number of carbonyl (C=O) groups excluding carboxylic acids is 3. The molecule has 2 N–H and O–H groups in total. The standard InChI is InChI=1S/C14H16BrFN2O4/c1-2-5-17-12(19)7-18-13(20)8-22-14(21)10-6-9(15)3-4-11(10)16/h3-4,6H,2,5,7-8H2,1H3,(H,17,19)(H,18,20). The fourth-order valence-electron chi connectivity index (χ4n) is 1.42. The van der Waals surface area contributed by atoms with E-state index in [0.29, 0.717) is 11.0 Å². The van der Waals surface area contributed by atoms with Crippen molar-refractivity contribution >= 4 is 33.7 Å². The number of nitrogens with one attached hydrogen (secondary N) is 2. The molecule has 0 fully saturated rings. The summed E-state index contributed by atoms with van der Waals surface area (Å²) in [6, 6.07) is 3.81. The summed E-state index contributed by atoms with van der Waals surface area (Å²) in [6.07, 6.45) is 0.787. The Hall–Kier alpha value is -1.96. The van der Waals surface area contributed by atoms with Crippen molar-refractivity contribution in [2.75, 3.05) is 19.7 Å². The Kier molecular flexibility index (Phi) is 7.51. The molecule has 0 bridgehead atoms. The zero-order valence-corrected chi connectivity index (χ0v) is 13.5. The molecule has 0 saturated carbocycles. The molecule has 0 spiro atoms. The second-order valence-corrected chi connectivity index (χ2v) is 5.24. The van der Waals surface area contributed by atoms with E-state index >= 15 is 0 Å². The Morgan fingerprint density at radius 2 is 1.95 bits per heavy atom. The maximum absolute atomic E-state index is 13.4. The number of hydrogen-bond acceptors (Lipinski definition) is 4. The first kappa shape index (κ1) is 18.1. The molecule has 2 amide bonds. The van der Waals surface area contributed by atoms with Gasteiger partial charge in [-0.2, -0.15) is 0 Å². The summed E-state index contributed by atoms with van der Waals surface area (Å²) >= 11 is 3.11. The van der Waals surface area contributed by atoms with Crippen LogP contribution in [-0.2, 0) is 14.3 Å². The molecule has 0 aromatic heterocycles. The van der Waals surface area contributed by atoms with Crippen LogP contribution in [0.2, 0.25) is 0 Å². The summed E-state index contributed by atoms with van der Waals surface area (Å²) in [6.45, 7) is 1.62. The minimum absolute atomic E-state index is 0.207. The van der Waals surface area contributed by atoms with E-state index in [1.54, 1.807) is 0 Å². The van der Waals surface area contributed by atoms with Crippen LogP contribution in [0.5, 0.6) is 0 Å². The largest absolute Gasteiger partial charge is 0.452 e. The van der Waals surface area contributed by atoms with E-state index in [1.165, 1.54) is 12.1 Å². The van der Waals surface area contributed by atoms with Crippen molar-refractivity contribution in [1.29, 1.82) is 0 Å². The summed E-state index contributed by atoms with van der Waals surface area (Å²) in [5.41, 5.74) is -0.275. The molecule has 22 heavy (non-hydrogen) atoms. The quantitative estimate of drug-likeness (QED) is 0.706. The average molecular weight is 375 g/mol. The van der Waals surface area contributed by atoms with Crippen molar-refractivity contribution in [3.8, 4) is 0 Å². The van der Waals surface area contributed by atoms with Gasteiger partial charge in [-0.3, -0.25) is 9.59 Å². The Morgan fingerprint density at radius 1 is 1.23 bits per heavy atom. The first-order valence-electron chi connectivity index (χ1n) is 6.59. The zero-order chi connectivity index (χ0) is 16.5. The molecule has 1 aromatic rings. The molecule has 6 nitrogen and oxygen atoms in total. The predicted molar refractivity (Wildman–Crippen MR) is 80.7 cm³/mol. The summed E-state index contributed by atoms with van der Waals surface area (Å²) in [7, 11) is 0. The third-order valence-corrected chi connectivity index (χ3v) is 2.99. The highest BCUT2D eigenvalue weighted by molar-refractivity contribution is 9.10. The first-order chi connectivity index (χ1) is 10.4. The van der Waals surface area contributed by atoms with Gasteiger partial charge < -0.3 is 15.4 Å². The van der Waals surface area contributed by atoms with Crippen LogP contribution < -0.4 is 10.6 Å². The van der Waals surface area contributed by atoms with E-state index in [2.05, 4.69) is 26.6 Å². The van der Waals surface area contributed by atoms with Gasteiger partial charge in [-0.05, 0) is 24.6 Å². The van der Waals surface area contributed by atoms with E-state index < -0.39 is 24.3 Å². The molecule has 0 unspecified atom stereocenters. The number of rotatable bonds is 7. The van der Waals surface area contributed by atoms with E-state index in [1.807, 2.05) is 6.92 Å². The molecule has 0 atom stereocenters. The lowest BCUT2D eigenvalue weighted by Gasteiger charge is -2.07. The number of carbonyl (C=O) groups is 3. The number of benzene rings is 1. The van der Waals surface area contributed by atoms with Crippen molar-refractivity contribution in [3.63, 3.8) is 0 Å². The lowest BCUT2D eigenvalue weighted by Crippen LogP contribution is -2.38. The molecule has 120 valence electrons. The lowest BCUT2D eigenvalue weighted by atomic mass is 10.2. The second-order valence-electron chi connectivity index (χ2n) is 4.33. The fraction of sp³-hybridized carbons (Fsp3) is 0.357. The van der Waals surface area contributed by atoms with Crippen LogP contribution in [0.4, 0.5) is 4.39 Å². The van der Waals surface area contributed by atoms with Crippen LogP contribution in [0.1, 0.15) is 23.7 Å². The molecule has 0 saturated heterocycles. The number of esters is 1. The zero-order valence-electron chi connectivity index (χ0n) is 11.9. The molecule has 1 rings (SSSR count). The normalized spacial score (nSPS) is 9.95. The number of ether oxygens (including phenoxy) is 1. The van der Waals surface area contributed by atoms with Gasteiger partial charge in [0.05, 0.1) is 12.1 Å². The summed E-state index contributed by atoms with van der Waals surface area (Å²) < 4.78 is 18.6. The maximum Gasteiger partial charge on any atom is 0.341 e. The van der Waals surface area contributed by atoms with E-state index in [9.17, 15) is 18.8 Å². The van der Waals surface area contributed by atoms with Gasteiger partial charge in [0.15, 0.2) is 6.61 Å². The topological polar surface area (TPSA) is 84.5 Å². The van der Waals surface area contributed by atoms with Crippen molar-refractivity contribution < 1.29 is 23.5 Å². The number of amides is 2. The minimum Gasteiger partial charge on any atom is -0.452 e. The molecule has 0 aliphatic rings. The molecule has 0 aliphatic carbocycles. The molecule has 1 aromatic carbocycles. The van der Waals surface area contributed by atoms with Gasteiger partial charge in [0.25, 0.3) is 5.91 Å². The van der Waals surface area contributed by atoms with Gasteiger partial charge in [0, 0.05) is 11.0 Å². The molecule has 0 heterocycles. The van der Waals surface area contributed by atoms with Crippen LogP contribution in [0.3, 0.4) is 0 Å². The van der Waals surface area contributed by atoms with Gasteiger partial charge >= 0.3 is 5.97 Å². The van der Waals surface area contributed by atoms with Crippen LogP contribution in [0, 0.1) is 5.82 Å². The second kappa shape index (κ2) is 9.14. The smallest absolute Gasteiger partial charge is 0.341 e. The molecule has 0 aliphatic heterocycles. The van der Waals surface area contributed by atoms with Gasteiger partial charge in [-0.25, -0.2) is 9.18 Å². The summed E-state index contributed by atoms with van der Waals surface area (Å²) in [5.74, 6) is -2.67. The van der Waals surface area contributed by atoms with Crippen molar-refractivity contribution in [3.05, 3.63) is 34.1 Å². The Balaban J connectivity index is 2.39. The van der Waals surface area contributed by atoms with E-state index in [4.69, 9.17) is 4.74 Å². The van der Waals surface area contributed by atoms with Crippen molar-refractivity contribution in [1.82, 2.24) is 10.6 Å². The summed E-state index contributed by atoms with van der Waals surface area (Å²) in [4.78, 5) is 34.4. The number of hydrogen-bond donors (Lipinski definition) is 2. The van der Waals surface area contributed by atoms with Crippen molar-refractivity contribution in [2.24, 2.45) is 0 Å². The third kappa shape index (κ3) is 6.21. The van der Waals surface area contributed by atoms with Gasteiger partial charge in [-0.15, -0.1) is 0 Å². The fourth-order valence-corrected chi connectivity index (χ4v) is 1.78. The summed E-state index contributed by atoms with van der Waals surface area (Å²) in [5, 5.41) is 4.87. The Morgan fingerprint density at radius 3 is 2.64 bits per heavy atom.